The average molecular weight is 641 g/mol. The van der Waals surface area contributed by atoms with E-state index in [0.29, 0.717) is 32.7 Å². The SMILES string of the molecule is Cc1ccc(NN2C(=O)C3CC4C(=CCC5C(=O)N(C(N)=O)C(=O)C54)C(c4ccc5ccccc5c4O)C3(c3ccccc3)C2=O)cc1. The number of anilines is 1. The van der Waals surface area contributed by atoms with Crippen LogP contribution >= 0.6 is 0 Å². The van der Waals surface area contributed by atoms with Crippen molar-refractivity contribution < 1.29 is 29.1 Å². The number of hydrazine groups is 1. The molecule has 240 valence electrons. The van der Waals surface area contributed by atoms with E-state index in [2.05, 4.69) is 5.43 Å². The summed E-state index contributed by atoms with van der Waals surface area (Å²) in [5.74, 6) is -6.73. The van der Waals surface area contributed by atoms with Crippen LogP contribution in [0.2, 0.25) is 0 Å². The van der Waals surface area contributed by atoms with E-state index in [9.17, 15) is 24.3 Å². The molecule has 2 heterocycles. The maximum Gasteiger partial charge on any atom is 0.328 e. The predicted octanol–water partition coefficient (Wildman–Crippen LogP) is 4.92. The van der Waals surface area contributed by atoms with E-state index in [1.54, 1.807) is 24.3 Å². The predicted molar refractivity (Wildman–Crippen MR) is 176 cm³/mol. The molecule has 4 aromatic carbocycles. The van der Waals surface area contributed by atoms with Crippen LogP contribution in [-0.4, -0.2) is 44.7 Å². The highest BCUT2D eigenvalue weighted by Crippen LogP contribution is 2.65. The number of allylic oxidation sites excluding steroid dienone is 2. The van der Waals surface area contributed by atoms with E-state index in [4.69, 9.17) is 5.73 Å². The number of carbonyl (C=O) groups is 5. The molecule has 1 saturated carbocycles. The molecule has 10 heteroatoms. The monoisotopic (exact) mass is 640 g/mol. The quantitative estimate of drug-likeness (QED) is 0.212. The first-order valence-corrected chi connectivity index (χ1v) is 16.0. The molecule has 2 saturated heterocycles. The number of likely N-dealkylation sites (tertiary alicyclic amines) is 1. The van der Waals surface area contributed by atoms with Crippen LogP contribution < -0.4 is 11.2 Å². The van der Waals surface area contributed by atoms with Gasteiger partial charge < -0.3 is 10.8 Å². The number of aromatic hydroxyl groups is 1. The summed E-state index contributed by atoms with van der Waals surface area (Å²) in [6.45, 7) is 1.94. The highest BCUT2D eigenvalue weighted by Gasteiger charge is 2.70. The van der Waals surface area contributed by atoms with Crippen LogP contribution in [-0.2, 0) is 24.6 Å². The van der Waals surface area contributed by atoms with Gasteiger partial charge in [-0.25, -0.2) is 4.79 Å². The van der Waals surface area contributed by atoms with Crippen LogP contribution in [0.1, 0.15) is 35.4 Å². The summed E-state index contributed by atoms with van der Waals surface area (Å²) in [5, 5.41) is 14.4. The Morgan fingerprint density at radius 1 is 0.854 bits per heavy atom. The molecule has 10 nitrogen and oxygen atoms in total. The molecule has 6 atom stereocenters. The fraction of sp³-hybridized carbons (Fsp3) is 0.237. The molecule has 6 amide bonds. The number of nitrogens with zero attached hydrogens (tertiary/aromatic N) is 2. The lowest BCUT2D eigenvalue weighted by atomic mass is 9.49. The van der Waals surface area contributed by atoms with E-state index in [1.807, 2.05) is 79.7 Å². The van der Waals surface area contributed by atoms with Gasteiger partial charge in [0, 0.05) is 16.9 Å². The van der Waals surface area contributed by atoms with E-state index in [-0.39, 0.29) is 18.6 Å². The van der Waals surface area contributed by atoms with Crippen molar-refractivity contribution >= 4 is 46.1 Å². The van der Waals surface area contributed by atoms with Crippen molar-refractivity contribution in [3.05, 3.63) is 119 Å². The van der Waals surface area contributed by atoms with Gasteiger partial charge in [-0.3, -0.25) is 24.6 Å². The summed E-state index contributed by atoms with van der Waals surface area (Å²) in [6, 6.07) is 26.3. The summed E-state index contributed by atoms with van der Waals surface area (Å²) >= 11 is 0. The third-order valence-electron chi connectivity index (χ3n) is 10.9. The van der Waals surface area contributed by atoms with Crippen LogP contribution in [0.4, 0.5) is 10.5 Å². The number of rotatable bonds is 4. The summed E-state index contributed by atoms with van der Waals surface area (Å²) in [6.07, 6.45) is 2.07. The first-order valence-electron chi connectivity index (χ1n) is 16.0. The van der Waals surface area contributed by atoms with Crippen LogP contribution in [0, 0.1) is 30.6 Å². The number of nitrogens with one attached hydrogen (secondary N) is 1. The molecule has 2 aliphatic carbocycles. The highest BCUT2D eigenvalue weighted by atomic mass is 16.3. The number of hydrogen-bond donors (Lipinski definition) is 3. The Morgan fingerprint density at radius 3 is 2.29 bits per heavy atom. The summed E-state index contributed by atoms with van der Waals surface area (Å²) in [7, 11) is 0. The second-order valence-corrected chi connectivity index (χ2v) is 13.2. The second kappa shape index (κ2) is 10.6. The molecule has 2 aliphatic heterocycles. The number of carbonyl (C=O) groups excluding carboxylic acids is 5. The summed E-state index contributed by atoms with van der Waals surface area (Å²) in [5.41, 5.74) is 10.3. The van der Waals surface area contributed by atoms with E-state index in [0.717, 1.165) is 16.0 Å². The zero-order valence-electron chi connectivity index (χ0n) is 26.0. The molecule has 0 aromatic heterocycles. The second-order valence-electron chi connectivity index (χ2n) is 13.2. The van der Waals surface area contributed by atoms with Crippen molar-refractivity contribution in [1.82, 2.24) is 9.91 Å². The third kappa shape index (κ3) is 3.95. The topological polar surface area (TPSA) is 150 Å². The zero-order chi connectivity index (χ0) is 33.5. The van der Waals surface area contributed by atoms with Gasteiger partial charge in [-0.1, -0.05) is 96.1 Å². The largest absolute Gasteiger partial charge is 0.507 e. The van der Waals surface area contributed by atoms with Gasteiger partial charge in [0.25, 0.3) is 11.8 Å². The van der Waals surface area contributed by atoms with Gasteiger partial charge >= 0.3 is 6.03 Å². The van der Waals surface area contributed by atoms with Gasteiger partial charge in [0.1, 0.15) is 5.75 Å². The lowest BCUT2D eigenvalue weighted by Crippen LogP contribution is -2.53. The van der Waals surface area contributed by atoms with Crippen LogP contribution in [0.15, 0.2) is 103 Å². The van der Waals surface area contributed by atoms with Gasteiger partial charge in [0.15, 0.2) is 0 Å². The Balaban J connectivity index is 1.39. The molecule has 0 bridgehead atoms. The molecule has 4 aromatic rings. The fourth-order valence-corrected chi connectivity index (χ4v) is 8.81. The maximum absolute atomic E-state index is 15.2. The van der Waals surface area contributed by atoms with E-state index in [1.165, 1.54) is 0 Å². The molecular formula is C38H32N4O6. The van der Waals surface area contributed by atoms with Crippen molar-refractivity contribution in [2.45, 2.75) is 31.1 Å². The van der Waals surface area contributed by atoms with Crippen molar-refractivity contribution in [2.24, 2.45) is 29.4 Å². The number of primary amides is 1. The Morgan fingerprint density at radius 2 is 1.56 bits per heavy atom. The first kappa shape index (κ1) is 29.6. The molecule has 0 spiro atoms. The minimum Gasteiger partial charge on any atom is -0.507 e. The fourth-order valence-electron chi connectivity index (χ4n) is 8.81. The molecule has 4 aliphatic rings. The first-order chi connectivity index (χ1) is 23.1. The number of aryl methyl sites for hydroxylation is 1. The van der Waals surface area contributed by atoms with Gasteiger partial charge in [-0.05, 0) is 48.8 Å². The Bertz CT molecular complexity index is 2090. The number of amides is 6. The minimum absolute atomic E-state index is 0.0337. The normalized spacial score (nSPS) is 27.9. The minimum atomic E-state index is -1.53. The summed E-state index contributed by atoms with van der Waals surface area (Å²) in [4.78, 5) is 69.8. The third-order valence-corrected chi connectivity index (χ3v) is 10.9. The zero-order valence-corrected chi connectivity index (χ0v) is 26.0. The molecule has 4 N–H and O–H groups in total. The number of benzene rings is 4. The van der Waals surface area contributed by atoms with Crippen LogP contribution in [0.3, 0.4) is 0 Å². The Labute approximate surface area is 275 Å². The van der Waals surface area contributed by atoms with E-state index >= 15 is 4.79 Å². The number of nitrogens with two attached hydrogens (primary N) is 1. The van der Waals surface area contributed by atoms with Crippen molar-refractivity contribution in [2.75, 3.05) is 5.43 Å². The Kier molecular flexibility index (Phi) is 6.56. The van der Waals surface area contributed by atoms with Gasteiger partial charge in [-0.15, -0.1) is 0 Å². The van der Waals surface area contributed by atoms with Crippen molar-refractivity contribution in [3.8, 4) is 5.75 Å². The smallest absolute Gasteiger partial charge is 0.328 e. The molecule has 3 fully saturated rings. The molecule has 8 rings (SSSR count). The number of urea groups is 1. The average Bonchev–Trinajstić information content (AvgIpc) is 3.47. The van der Waals surface area contributed by atoms with Crippen LogP contribution in [0.25, 0.3) is 10.8 Å². The number of fused-ring (bicyclic) bond motifs is 5. The molecule has 0 radical (unpaired) electrons. The van der Waals surface area contributed by atoms with Gasteiger partial charge in [0.2, 0.25) is 11.8 Å². The lowest BCUT2D eigenvalue weighted by molar-refractivity contribution is -0.139. The molecule has 6 unspecified atom stereocenters. The summed E-state index contributed by atoms with van der Waals surface area (Å²) < 4.78 is 0. The van der Waals surface area contributed by atoms with Crippen molar-refractivity contribution in [3.63, 3.8) is 0 Å². The lowest BCUT2D eigenvalue weighted by Gasteiger charge is -2.50. The van der Waals surface area contributed by atoms with E-state index < -0.39 is 64.7 Å². The molecule has 48 heavy (non-hydrogen) atoms. The van der Waals surface area contributed by atoms with Crippen molar-refractivity contribution in [1.29, 1.82) is 0 Å². The highest BCUT2D eigenvalue weighted by molar-refractivity contribution is 6.17. The van der Waals surface area contributed by atoms with Gasteiger partial charge in [0.05, 0.1) is 28.9 Å². The number of phenols is 1. The number of imide groups is 4. The Hall–Kier alpha value is -5.77. The van der Waals surface area contributed by atoms with Gasteiger partial charge in [-0.2, -0.15) is 9.91 Å². The standard InChI is InChI=1S/C38H32N4O6/c1-20-11-14-23(15-12-20)40-42-34(45)29-19-28-25(17-18-26-30(28)35(46)41(33(26)44)37(39)48)31(38(29,36(42)47)22-8-3-2-4-9-22)27-16-13-21-7-5-6-10-24(21)32(27)43/h2-17,26,28-31,40,43H,18-19H2,1H3,(H2,39,48). The number of hydrogen-bond acceptors (Lipinski definition) is 7. The van der Waals surface area contributed by atoms with Crippen LogP contribution in [0.5, 0.6) is 5.75 Å². The molecular weight excluding hydrogens is 608 g/mol. The maximum atomic E-state index is 15.2. The number of phenolic OH excluding ortho intramolecular Hbond substituents is 1.